The molecule has 0 fully saturated rings. The minimum Gasteiger partial charge on any atom is -0.393 e. The van der Waals surface area contributed by atoms with Crippen LogP contribution in [0.3, 0.4) is 0 Å². The van der Waals surface area contributed by atoms with E-state index in [0.29, 0.717) is 12.8 Å². The molecule has 90 valence electrons. The molecule has 0 aromatic heterocycles. The van der Waals surface area contributed by atoms with Gasteiger partial charge in [-0.1, -0.05) is 45.4 Å². The summed E-state index contributed by atoms with van der Waals surface area (Å²) >= 11 is 0. The van der Waals surface area contributed by atoms with Gasteiger partial charge in [0.05, 0.1) is 6.10 Å². The molecule has 0 aromatic rings. The normalized spacial score (nSPS) is 12.7. The number of aliphatic hydroxyl groups excluding tert-OH is 1. The molecular weight excluding hydrogens is 188 g/mol. The average Bonchev–Trinajstić information content (AvgIpc) is 2.20. The van der Waals surface area contributed by atoms with Crippen molar-refractivity contribution in [2.75, 3.05) is 0 Å². The van der Waals surface area contributed by atoms with Gasteiger partial charge in [0.25, 0.3) is 0 Å². The summed E-state index contributed by atoms with van der Waals surface area (Å²) in [5.74, 6) is 0.178. The van der Waals surface area contributed by atoms with Gasteiger partial charge in [-0.3, -0.25) is 0 Å². The van der Waals surface area contributed by atoms with Crippen LogP contribution in [0.15, 0.2) is 0 Å². The number of hydrogen-bond donors (Lipinski definition) is 1. The van der Waals surface area contributed by atoms with Gasteiger partial charge in [0.15, 0.2) is 0 Å². The first kappa shape index (κ1) is 14.6. The van der Waals surface area contributed by atoms with Crippen LogP contribution in [0.4, 0.5) is 0 Å². The quantitative estimate of drug-likeness (QED) is 0.565. The molecule has 0 aliphatic carbocycles. The smallest absolute Gasteiger partial charge is 0.129 e. The van der Waals surface area contributed by atoms with Gasteiger partial charge in [0, 0.05) is 6.42 Å². The van der Waals surface area contributed by atoms with E-state index < -0.39 is 0 Å². The van der Waals surface area contributed by atoms with Gasteiger partial charge in [-0.05, 0) is 19.8 Å². The number of carbonyl (C=O) groups excluding carboxylic acids is 1. The highest BCUT2D eigenvalue weighted by atomic mass is 16.3. The third kappa shape index (κ3) is 11.6. The van der Waals surface area contributed by atoms with E-state index in [4.69, 9.17) is 0 Å². The van der Waals surface area contributed by atoms with Crippen LogP contribution in [-0.4, -0.2) is 17.0 Å². The summed E-state index contributed by atoms with van der Waals surface area (Å²) in [6.45, 7) is 3.79. The van der Waals surface area contributed by atoms with Crippen LogP contribution in [0.25, 0.3) is 0 Å². The fraction of sp³-hybridized carbons (Fsp3) is 0.923. The Bertz CT molecular complexity index is 155. The molecule has 15 heavy (non-hydrogen) atoms. The van der Waals surface area contributed by atoms with Gasteiger partial charge >= 0.3 is 0 Å². The number of carbonyl (C=O) groups is 1. The van der Waals surface area contributed by atoms with Gasteiger partial charge in [0.1, 0.15) is 5.78 Å². The lowest BCUT2D eigenvalue weighted by Crippen LogP contribution is -2.08. The summed E-state index contributed by atoms with van der Waals surface area (Å²) in [4.78, 5) is 10.7. The molecule has 2 heteroatoms. The van der Waals surface area contributed by atoms with E-state index in [-0.39, 0.29) is 11.9 Å². The molecule has 0 aromatic carbocycles. The van der Waals surface area contributed by atoms with Crippen molar-refractivity contribution in [2.24, 2.45) is 0 Å². The van der Waals surface area contributed by atoms with Gasteiger partial charge in [-0.2, -0.15) is 0 Å². The summed E-state index contributed by atoms with van der Waals surface area (Å²) in [7, 11) is 0. The van der Waals surface area contributed by atoms with Crippen molar-refractivity contribution < 1.29 is 9.90 Å². The van der Waals surface area contributed by atoms with E-state index in [1.807, 2.05) is 0 Å². The Kier molecular flexibility index (Phi) is 9.91. The van der Waals surface area contributed by atoms with Crippen LogP contribution in [0, 0.1) is 0 Å². The molecule has 0 rings (SSSR count). The molecular formula is C13H26O2. The average molecular weight is 214 g/mol. The number of unbranched alkanes of at least 4 members (excludes halogenated alkanes) is 5. The lowest BCUT2D eigenvalue weighted by atomic mass is 10.0. The first-order chi connectivity index (χ1) is 7.16. The summed E-state index contributed by atoms with van der Waals surface area (Å²) in [6, 6.07) is 0. The van der Waals surface area contributed by atoms with Crippen LogP contribution in [0.5, 0.6) is 0 Å². The molecule has 0 heterocycles. The second-order valence-corrected chi connectivity index (χ2v) is 4.45. The van der Waals surface area contributed by atoms with Crippen LogP contribution >= 0.6 is 0 Å². The molecule has 0 spiro atoms. The van der Waals surface area contributed by atoms with Crippen LogP contribution in [-0.2, 0) is 4.79 Å². The van der Waals surface area contributed by atoms with Crippen molar-refractivity contribution in [1.82, 2.24) is 0 Å². The highest BCUT2D eigenvalue weighted by molar-refractivity contribution is 5.75. The Morgan fingerprint density at radius 1 is 1.07 bits per heavy atom. The zero-order valence-corrected chi connectivity index (χ0v) is 10.3. The van der Waals surface area contributed by atoms with Crippen molar-refractivity contribution >= 4 is 5.78 Å². The van der Waals surface area contributed by atoms with E-state index in [1.54, 1.807) is 6.92 Å². The van der Waals surface area contributed by atoms with Crippen molar-refractivity contribution in [2.45, 2.75) is 77.7 Å². The maximum atomic E-state index is 10.7. The monoisotopic (exact) mass is 214 g/mol. The zero-order valence-electron chi connectivity index (χ0n) is 10.3. The van der Waals surface area contributed by atoms with Crippen LogP contribution in [0.1, 0.15) is 71.6 Å². The molecule has 0 aliphatic rings. The molecule has 0 bridgehead atoms. The molecule has 1 atom stereocenters. The van der Waals surface area contributed by atoms with E-state index in [0.717, 1.165) is 12.8 Å². The number of aliphatic hydroxyl groups is 1. The van der Waals surface area contributed by atoms with E-state index in [2.05, 4.69) is 6.92 Å². The van der Waals surface area contributed by atoms with Crippen LogP contribution in [0.2, 0.25) is 0 Å². The standard InChI is InChI=1S/C13H26O2/c1-3-4-5-6-7-8-9-13(15)11-10-12(2)14/h13,15H,3-11H2,1-2H3. The molecule has 2 nitrogen and oxygen atoms in total. The molecule has 0 saturated heterocycles. The van der Waals surface area contributed by atoms with Crippen LogP contribution < -0.4 is 0 Å². The maximum absolute atomic E-state index is 10.7. The third-order valence-electron chi connectivity index (χ3n) is 2.72. The fourth-order valence-electron chi connectivity index (χ4n) is 1.67. The second-order valence-electron chi connectivity index (χ2n) is 4.45. The van der Waals surface area contributed by atoms with Gasteiger partial charge < -0.3 is 9.90 Å². The Morgan fingerprint density at radius 3 is 2.27 bits per heavy atom. The lowest BCUT2D eigenvalue weighted by molar-refractivity contribution is -0.117. The maximum Gasteiger partial charge on any atom is 0.129 e. The van der Waals surface area contributed by atoms with Gasteiger partial charge in [-0.15, -0.1) is 0 Å². The van der Waals surface area contributed by atoms with Gasteiger partial charge in [0.2, 0.25) is 0 Å². The number of ketones is 1. The molecule has 0 radical (unpaired) electrons. The summed E-state index contributed by atoms with van der Waals surface area (Å²) in [5.41, 5.74) is 0. The largest absolute Gasteiger partial charge is 0.393 e. The number of hydrogen-bond acceptors (Lipinski definition) is 2. The highest BCUT2D eigenvalue weighted by Crippen LogP contribution is 2.11. The zero-order chi connectivity index (χ0) is 11.5. The van der Waals surface area contributed by atoms with E-state index in [9.17, 15) is 9.90 Å². The molecule has 1 unspecified atom stereocenters. The molecule has 0 saturated carbocycles. The minimum absolute atomic E-state index is 0.178. The predicted octanol–water partition coefficient (Wildman–Crippen LogP) is 3.47. The fourth-order valence-corrected chi connectivity index (χ4v) is 1.67. The Balaban J connectivity index is 3.16. The molecule has 0 aliphatic heterocycles. The topological polar surface area (TPSA) is 37.3 Å². The SMILES string of the molecule is CCCCCCCCC(O)CCC(C)=O. The Morgan fingerprint density at radius 2 is 1.67 bits per heavy atom. The Hall–Kier alpha value is -0.370. The van der Waals surface area contributed by atoms with Crippen molar-refractivity contribution in [3.63, 3.8) is 0 Å². The predicted molar refractivity (Wildman–Crippen MR) is 63.9 cm³/mol. The van der Waals surface area contributed by atoms with Crippen molar-refractivity contribution in [1.29, 1.82) is 0 Å². The first-order valence-corrected chi connectivity index (χ1v) is 6.34. The number of rotatable bonds is 10. The van der Waals surface area contributed by atoms with E-state index >= 15 is 0 Å². The minimum atomic E-state index is -0.264. The van der Waals surface area contributed by atoms with Crippen molar-refractivity contribution in [3.05, 3.63) is 0 Å². The molecule has 1 N–H and O–H groups in total. The second kappa shape index (κ2) is 10.2. The number of Topliss-reactive ketones (excluding diaryl/α,β-unsaturated/α-hetero) is 1. The lowest BCUT2D eigenvalue weighted by Gasteiger charge is -2.08. The highest BCUT2D eigenvalue weighted by Gasteiger charge is 2.04. The van der Waals surface area contributed by atoms with Crippen molar-refractivity contribution in [3.8, 4) is 0 Å². The first-order valence-electron chi connectivity index (χ1n) is 6.34. The van der Waals surface area contributed by atoms with Gasteiger partial charge in [-0.25, -0.2) is 0 Å². The molecule has 0 amide bonds. The third-order valence-corrected chi connectivity index (χ3v) is 2.72. The summed E-state index contributed by atoms with van der Waals surface area (Å²) in [5, 5.41) is 9.55. The summed E-state index contributed by atoms with van der Waals surface area (Å²) in [6.07, 6.45) is 9.29. The van der Waals surface area contributed by atoms with E-state index in [1.165, 1.54) is 32.1 Å². The Labute approximate surface area is 94.1 Å². The summed E-state index contributed by atoms with van der Waals surface area (Å²) < 4.78 is 0.